The Bertz CT molecular complexity index is 1060. The van der Waals surface area contributed by atoms with Gasteiger partial charge >= 0.3 is 5.97 Å². The number of ether oxygens (including phenoxy) is 2. The first-order valence-electron chi connectivity index (χ1n) is 15.6. The molecule has 0 saturated carbocycles. The van der Waals surface area contributed by atoms with Gasteiger partial charge in [-0.25, -0.2) is 0 Å². The van der Waals surface area contributed by atoms with Gasteiger partial charge in [-0.3, -0.25) is 14.4 Å². The summed E-state index contributed by atoms with van der Waals surface area (Å²) < 4.78 is 11.1. The number of nitrogens with zero attached hydrogens (tertiary/aromatic N) is 2. The van der Waals surface area contributed by atoms with E-state index in [1.807, 2.05) is 0 Å². The quantitative estimate of drug-likeness (QED) is 0.151. The van der Waals surface area contributed by atoms with Crippen molar-refractivity contribution in [3.63, 3.8) is 0 Å². The summed E-state index contributed by atoms with van der Waals surface area (Å²) in [5.74, 6) is -0.496. The van der Waals surface area contributed by atoms with E-state index in [4.69, 9.17) is 31.9 Å². The average molecular weight is 624 g/mol. The van der Waals surface area contributed by atoms with Crippen molar-refractivity contribution in [3.05, 3.63) is 22.7 Å². The molecular weight excluding hydrogens is 574 g/mol. The van der Waals surface area contributed by atoms with Crippen LogP contribution in [0.5, 0.6) is 5.75 Å². The van der Waals surface area contributed by atoms with Crippen LogP contribution in [0.15, 0.2) is 12.1 Å². The van der Waals surface area contributed by atoms with Gasteiger partial charge in [-0.05, 0) is 70.6 Å². The third-order valence-electron chi connectivity index (χ3n) is 8.44. The largest absolute Gasteiger partial charge is 0.496 e. The fourth-order valence-corrected chi connectivity index (χ4v) is 6.18. The Kier molecular flexibility index (Phi) is 14.8. The van der Waals surface area contributed by atoms with Crippen molar-refractivity contribution in [2.45, 2.75) is 88.8 Å². The van der Waals surface area contributed by atoms with Crippen LogP contribution in [0.4, 0.5) is 5.69 Å². The lowest BCUT2D eigenvalue weighted by Gasteiger charge is -2.38. The topological polar surface area (TPSA) is 146 Å². The van der Waals surface area contributed by atoms with E-state index in [-0.39, 0.29) is 36.4 Å². The van der Waals surface area contributed by atoms with E-state index < -0.39 is 5.97 Å². The number of nitrogens with two attached hydrogens (primary N) is 1. The number of hydrogen-bond donors (Lipinski definition) is 4. The second kappa shape index (κ2) is 18.3. The third kappa shape index (κ3) is 11.8. The lowest BCUT2D eigenvalue weighted by Crippen LogP contribution is -2.54. The molecular formula is C31H50ClN5O6. The number of amides is 2. The van der Waals surface area contributed by atoms with E-state index in [2.05, 4.69) is 20.4 Å². The van der Waals surface area contributed by atoms with Gasteiger partial charge < -0.3 is 40.7 Å². The van der Waals surface area contributed by atoms with Crippen LogP contribution in [0.1, 0.15) is 81.0 Å². The molecule has 0 radical (unpaired) electrons. The van der Waals surface area contributed by atoms with Crippen molar-refractivity contribution < 1.29 is 29.0 Å². The summed E-state index contributed by atoms with van der Waals surface area (Å²) in [5.41, 5.74) is 6.55. The minimum Gasteiger partial charge on any atom is -0.496 e. The molecule has 2 saturated heterocycles. The van der Waals surface area contributed by atoms with Crippen molar-refractivity contribution in [2.75, 3.05) is 59.2 Å². The first kappa shape index (κ1) is 34.9. The lowest BCUT2D eigenvalue weighted by molar-refractivity contribution is -0.137. The molecule has 2 aliphatic rings. The number of benzene rings is 1. The SMILES string of the molecule is COc1cc(N)c(Cl)cc1C(=O)N[C@@H]1CCN(CCCCCC(=O)N[C@@H]2CCCN(CCCCCC(=O)O)C2)C[C@@H]1OC. The van der Waals surface area contributed by atoms with Crippen LogP contribution in [-0.4, -0.2) is 104 Å². The number of rotatable bonds is 17. The predicted molar refractivity (Wildman–Crippen MR) is 168 cm³/mol. The summed E-state index contributed by atoms with van der Waals surface area (Å²) in [6.07, 6.45) is 8.98. The summed E-state index contributed by atoms with van der Waals surface area (Å²) in [6.45, 7) is 5.38. The average Bonchev–Trinajstić information content (AvgIpc) is 2.98. The fourth-order valence-electron chi connectivity index (χ4n) is 6.01. The molecule has 0 bridgehead atoms. The molecule has 11 nitrogen and oxygen atoms in total. The highest BCUT2D eigenvalue weighted by atomic mass is 35.5. The number of likely N-dealkylation sites (tertiary alicyclic amines) is 2. The highest BCUT2D eigenvalue weighted by Gasteiger charge is 2.31. The van der Waals surface area contributed by atoms with E-state index >= 15 is 0 Å². The summed E-state index contributed by atoms with van der Waals surface area (Å²) in [6, 6.07) is 3.15. The van der Waals surface area contributed by atoms with Crippen LogP contribution in [0.2, 0.25) is 5.02 Å². The number of carbonyl (C=O) groups is 3. The number of halogens is 1. The standard InChI is InChI=1S/C31H50ClN5O6/c1-42-27-19-25(33)24(32)18-23(27)31(41)35-26-13-17-37(21-28(26)43-2)15-7-3-5-11-29(38)34-22-10-9-16-36(20-22)14-8-4-6-12-30(39)40/h18-19,22,26,28H,3-17,20-21,33H2,1-2H3,(H,34,38)(H,35,41)(H,39,40)/t22-,26-,28+/m1/s1. The number of aliphatic carboxylic acids is 1. The van der Waals surface area contributed by atoms with Gasteiger partial charge in [-0.1, -0.05) is 24.4 Å². The number of piperidine rings is 2. The molecule has 0 unspecified atom stereocenters. The molecule has 2 aliphatic heterocycles. The lowest BCUT2D eigenvalue weighted by atomic mass is 10.00. The summed E-state index contributed by atoms with van der Waals surface area (Å²) in [4.78, 5) is 41.0. The van der Waals surface area contributed by atoms with Crippen molar-refractivity contribution in [2.24, 2.45) is 0 Å². The molecule has 43 heavy (non-hydrogen) atoms. The maximum absolute atomic E-state index is 13.0. The molecule has 12 heteroatoms. The van der Waals surface area contributed by atoms with Gasteiger partial charge in [0.2, 0.25) is 5.91 Å². The first-order chi connectivity index (χ1) is 20.7. The normalized spacial score (nSPS) is 21.3. The van der Waals surface area contributed by atoms with Crippen LogP contribution >= 0.6 is 11.6 Å². The second-order valence-corrected chi connectivity index (χ2v) is 12.1. The Morgan fingerprint density at radius 1 is 0.953 bits per heavy atom. The van der Waals surface area contributed by atoms with Crippen LogP contribution in [0.25, 0.3) is 0 Å². The molecule has 1 aromatic rings. The number of nitrogens with one attached hydrogen (secondary N) is 2. The van der Waals surface area contributed by atoms with Crippen molar-refractivity contribution in [1.29, 1.82) is 0 Å². The number of anilines is 1. The number of carboxylic acid groups (broad SMARTS) is 1. The highest BCUT2D eigenvalue weighted by Crippen LogP contribution is 2.29. The van der Waals surface area contributed by atoms with Gasteiger partial charge in [-0.2, -0.15) is 0 Å². The number of carbonyl (C=O) groups excluding carboxylic acids is 2. The molecule has 1 aromatic carbocycles. The van der Waals surface area contributed by atoms with Crippen LogP contribution in [-0.2, 0) is 14.3 Å². The van der Waals surface area contributed by atoms with E-state index in [9.17, 15) is 14.4 Å². The molecule has 0 aliphatic carbocycles. The van der Waals surface area contributed by atoms with Gasteiger partial charge in [-0.15, -0.1) is 0 Å². The summed E-state index contributed by atoms with van der Waals surface area (Å²) in [5, 5.41) is 15.4. The molecule has 2 amide bonds. The smallest absolute Gasteiger partial charge is 0.303 e. The van der Waals surface area contributed by atoms with Crippen LogP contribution < -0.4 is 21.1 Å². The minimum absolute atomic E-state index is 0.128. The Morgan fingerprint density at radius 3 is 2.33 bits per heavy atom. The number of hydrogen-bond acceptors (Lipinski definition) is 8. The molecule has 3 atom stereocenters. The van der Waals surface area contributed by atoms with Gasteiger partial charge in [0.15, 0.2) is 0 Å². The Balaban J connectivity index is 1.30. The van der Waals surface area contributed by atoms with Gasteiger partial charge in [0.05, 0.1) is 35.5 Å². The van der Waals surface area contributed by atoms with E-state index in [0.717, 1.165) is 97.1 Å². The van der Waals surface area contributed by atoms with E-state index in [1.165, 1.54) is 13.2 Å². The molecule has 242 valence electrons. The van der Waals surface area contributed by atoms with Crippen LogP contribution in [0.3, 0.4) is 0 Å². The van der Waals surface area contributed by atoms with Crippen molar-refractivity contribution in [1.82, 2.24) is 20.4 Å². The highest BCUT2D eigenvalue weighted by molar-refractivity contribution is 6.33. The summed E-state index contributed by atoms with van der Waals surface area (Å²) in [7, 11) is 3.16. The summed E-state index contributed by atoms with van der Waals surface area (Å²) >= 11 is 6.14. The fraction of sp³-hybridized carbons (Fsp3) is 0.710. The minimum atomic E-state index is -0.729. The van der Waals surface area contributed by atoms with Crippen molar-refractivity contribution in [3.8, 4) is 5.75 Å². The Labute approximate surface area is 260 Å². The van der Waals surface area contributed by atoms with Gasteiger partial charge in [0, 0.05) is 51.7 Å². The van der Waals surface area contributed by atoms with Crippen LogP contribution in [0, 0.1) is 0 Å². The van der Waals surface area contributed by atoms with Gasteiger partial charge in [0.25, 0.3) is 5.91 Å². The molecule has 2 fully saturated rings. The number of methoxy groups -OCH3 is 2. The van der Waals surface area contributed by atoms with E-state index in [1.54, 1.807) is 13.2 Å². The van der Waals surface area contributed by atoms with Gasteiger partial charge in [0.1, 0.15) is 5.75 Å². The Morgan fingerprint density at radius 2 is 1.65 bits per heavy atom. The third-order valence-corrected chi connectivity index (χ3v) is 8.77. The number of unbranched alkanes of at least 4 members (excludes halogenated alkanes) is 4. The predicted octanol–water partition coefficient (Wildman–Crippen LogP) is 3.54. The molecule has 3 rings (SSSR count). The second-order valence-electron chi connectivity index (χ2n) is 11.7. The monoisotopic (exact) mass is 623 g/mol. The zero-order valence-electron chi connectivity index (χ0n) is 25.7. The number of carboxylic acids is 1. The van der Waals surface area contributed by atoms with E-state index in [0.29, 0.717) is 28.4 Å². The maximum atomic E-state index is 13.0. The molecule has 0 spiro atoms. The zero-order valence-corrected chi connectivity index (χ0v) is 26.5. The Hall–Kier alpha value is -2.60. The molecule has 0 aromatic heterocycles. The number of nitrogen functional groups attached to an aromatic ring is 1. The zero-order chi connectivity index (χ0) is 31.2. The first-order valence-corrected chi connectivity index (χ1v) is 16.0. The molecule has 5 N–H and O–H groups in total. The molecule has 2 heterocycles. The van der Waals surface area contributed by atoms with Crippen molar-refractivity contribution >= 4 is 35.1 Å². The maximum Gasteiger partial charge on any atom is 0.303 e.